The minimum absolute atomic E-state index is 0.160. The molecule has 1 N–H and O–H groups in total. The van der Waals surface area contributed by atoms with Crippen LogP contribution in [0.1, 0.15) is 13.3 Å². The summed E-state index contributed by atoms with van der Waals surface area (Å²) in [5.41, 5.74) is 1.76. The lowest BCUT2D eigenvalue weighted by Gasteiger charge is -2.08. The quantitative estimate of drug-likeness (QED) is 0.864. The Bertz CT molecular complexity index is 649. The Morgan fingerprint density at radius 1 is 1.67 bits per heavy atom. The Morgan fingerprint density at radius 2 is 2.39 bits per heavy atom. The molecular weight excluding hydrogens is 334 g/mol. The second kappa shape index (κ2) is 5.63. The predicted molar refractivity (Wildman–Crippen MR) is 80.8 cm³/mol. The van der Waals surface area contributed by atoms with Crippen molar-refractivity contribution in [3.05, 3.63) is 21.5 Å². The number of aryl methyl sites for hydroxylation is 1. The first-order chi connectivity index (χ1) is 8.49. The molecule has 2 atom stereocenters. The van der Waals surface area contributed by atoms with Crippen LogP contribution < -0.4 is 0 Å². The van der Waals surface area contributed by atoms with E-state index in [9.17, 15) is 4.21 Å². The maximum Gasteiger partial charge on any atom is 0.179 e. The van der Waals surface area contributed by atoms with Crippen molar-refractivity contribution in [1.29, 1.82) is 0 Å². The second-order valence-electron chi connectivity index (χ2n) is 4.20. The number of pyridine rings is 1. The number of rotatable bonds is 4. The molecule has 0 fully saturated rings. The zero-order valence-corrected chi connectivity index (χ0v) is 13.4. The summed E-state index contributed by atoms with van der Waals surface area (Å²) in [4.78, 5) is 7.50. The number of hydrogen-bond donors (Lipinski definition) is 1. The average Bonchev–Trinajstić information content (AvgIpc) is 2.60. The number of imidazole rings is 1. The summed E-state index contributed by atoms with van der Waals surface area (Å²) in [6.07, 6.45) is 4.31. The largest absolute Gasteiger partial charge is 0.329 e. The molecule has 0 radical (unpaired) electrons. The first kappa shape index (κ1) is 13.9. The third-order valence-corrected chi connectivity index (χ3v) is 5.03. The highest BCUT2D eigenvalue weighted by atomic mass is 79.9. The van der Waals surface area contributed by atoms with Crippen molar-refractivity contribution in [3.63, 3.8) is 0 Å². The van der Waals surface area contributed by atoms with E-state index >= 15 is 0 Å². The standard InChI is InChI=1S/C11H14BrN3OS2/c1-7(18(2)16)3-4-15-10-9(14-11(15)17)5-8(12)6-13-10/h5-7H,3-4H2,1-2H3,(H,14,17). The van der Waals surface area contributed by atoms with Crippen LogP contribution in [0.2, 0.25) is 0 Å². The van der Waals surface area contributed by atoms with Gasteiger partial charge in [-0.2, -0.15) is 0 Å². The lowest BCUT2D eigenvalue weighted by atomic mass is 10.3. The number of halogens is 1. The SMILES string of the molecule is CC(CCn1c(=S)[nH]c2cc(Br)cnc21)S(C)=O. The van der Waals surface area contributed by atoms with Crippen LogP contribution in [-0.2, 0) is 17.3 Å². The van der Waals surface area contributed by atoms with Gasteiger partial charge in [0.15, 0.2) is 10.4 Å². The second-order valence-corrected chi connectivity index (χ2v) is 7.31. The number of aromatic amines is 1. The van der Waals surface area contributed by atoms with Crippen molar-refractivity contribution in [2.75, 3.05) is 6.26 Å². The molecule has 2 heterocycles. The molecule has 0 saturated heterocycles. The molecule has 18 heavy (non-hydrogen) atoms. The fraction of sp³-hybridized carbons (Fsp3) is 0.455. The van der Waals surface area contributed by atoms with Gasteiger partial charge in [0.1, 0.15) is 0 Å². The van der Waals surface area contributed by atoms with E-state index in [0.29, 0.717) is 4.77 Å². The number of nitrogens with one attached hydrogen (secondary N) is 1. The van der Waals surface area contributed by atoms with E-state index in [2.05, 4.69) is 25.9 Å². The van der Waals surface area contributed by atoms with Gasteiger partial charge in [0, 0.05) is 39.5 Å². The molecule has 98 valence electrons. The highest BCUT2D eigenvalue weighted by Crippen LogP contribution is 2.17. The van der Waals surface area contributed by atoms with Crippen LogP contribution in [0.25, 0.3) is 11.2 Å². The first-order valence-corrected chi connectivity index (χ1v) is 8.37. The third-order valence-electron chi connectivity index (χ3n) is 2.90. The normalized spacial score (nSPS) is 14.8. The Hall–Kier alpha value is -0.530. The minimum Gasteiger partial charge on any atom is -0.329 e. The van der Waals surface area contributed by atoms with Gasteiger partial charge in [-0.25, -0.2) is 4.98 Å². The Morgan fingerprint density at radius 3 is 3.06 bits per heavy atom. The van der Waals surface area contributed by atoms with Crippen LogP contribution in [0.3, 0.4) is 0 Å². The van der Waals surface area contributed by atoms with E-state index in [1.807, 2.05) is 17.6 Å². The number of fused-ring (bicyclic) bond motifs is 1. The summed E-state index contributed by atoms with van der Waals surface area (Å²) in [6, 6.07) is 1.95. The van der Waals surface area contributed by atoms with Crippen LogP contribution >= 0.6 is 28.1 Å². The molecule has 2 unspecified atom stereocenters. The zero-order chi connectivity index (χ0) is 13.3. The van der Waals surface area contributed by atoms with Crippen LogP contribution in [0.15, 0.2) is 16.7 Å². The molecule has 0 bridgehead atoms. The van der Waals surface area contributed by atoms with Crippen LogP contribution in [-0.4, -0.2) is 30.2 Å². The van der Waals surface area contributed by atoms with Gasteiger partial charge >= 0.3 is 0 Å². The number of nitrogens with zero attached hydrogens (tertiary/aromatic N) is 2. The summed E-state index contributed by atoms with van der Waals surface area (Å²) in [5, 5.41) is 0.160. The Balaban J connectivity index is 2.31. The van der Waals surface area contributed by atoms with E-state index in [4.69, 9.17) is 12.2 Å². The van der Waals surface area contributed by atoms with Crippen molar-refractivity contribution in [2.24, 2.45) is 0 Å². The summed E-state index contributed by atoms with van der Waals surface area (Å²) >= 11 is 8.67. The predicted octanol–water partition coefficient (Wildman–Crippen LogP) is 3.01. The van der Waals surface area contributed by atoms with Gasteiger partial charge in [-0.05, 0) is 40.6 Å². The molecule has 2 aromatic heterocycles. The van der Waals surface area contributed by atoms with Gasteiger partial charge < -0.3 is 9.55 Å². The maximum atomic E-state index is 11.3. The zero-order valence-electron chi connectivity index (χ0n) is 10.1. The summed E-state index contributed by atoms with van der Waals surface area (Å²) in [7, 11) is -0.801. The molecule has 4 nitrogen and oxygen atoms in total. The maximum absolute atomic E-state index is 11.3. The van der Waals surface area contributed by atoms with Crippen LogP contribution in [0.4, 0.5) is 0 Å². The van der Waals surface area contributed by atoms with Crippen LogP contribution in [0, 0.1) is 4.77 Å². The monoisotopic (exact) mass is 347 g/mol. The van der Waals surface area contributed by atoms with Crippen molar-refractivity contribution in [1.82, 2.24) is 14.5 Å². The Labute approximate surface area is 121 Å². The molecule has 0 aliphatic carbocycles. The Kier molecular flexibility index (Phi) is 4.34. The molecule has 0 saturated carbocycles. The molecule has 0 aliphatic rings. The minimum atomic E-state index is -0.801. The molecule has 0 spiro atoms. The molecule has 7 heteroatoms. The summed E-state index contributed by atoms with van der Waals surface area (Å²) < 4.78 is 14.9. The van der Waals surface area contributed by atoms with Gasteiger partial charge in [-0.3, -0.25) is 4.21 Å². The molecule has 2 rings (SSSR count). The average molecular weight is 348 g/mol. The van der Waals surface area contributed by atoms with Gasteiger partial charge in [-0.1, -0.05) is 6.92 Å². The van der Waals surface area contributed by atoms with Crippen molar-refractivity contribution in [3.8, 4) is 0 Å². The molecule has 0 aliphatic heterocycles. The number of H-pyrrole nitrogens is 1. The lowest BCUT2D eigenvalue weighted by Crippen LogP contribution is -2.13. The van der Waals surface area contributed by atoms with Gasteiger partial charge in [0.25, 0.3) is 0 Å². The summed E-state index contributed by atoms with van der Waals surface area (Å²) in [5.74, 6) is 0. The smallest absolute Gasteiger partial charge is 0.179 e. The third kappa shape index (κ3) is 2.89. The fourth-order valence-corrected chi connectivity index (χ4v) is 2.76. The van der Waals surface area contributed by atoms with E-state index in [-0.39, 0.29) is 5.25 Å². The molecular formula is C11H14BrN3OS2. The molecule has 0 aromatic carbocycles. The first-order valence-electron chi connectivity index (χ1n) is 5.55. The number of aromatic nitrogens is 3. The van der Waals surface area contributed by atoms with Crippen molar-refractivity contribution >= 4 is 50.1 Å². The van der Waals surface area contributed by atoms with Gasteiger partial charge in [-0.15, -0.1) is 0 Å². The molecule has 0 amide bonds. The molecule has 2 aromatic rings. The van der Waals surface area contributed by atoms with E-state index in [1.165, 1.54) is 0 Å². The fourth-order valence-electron chi connectivity index (χ4n) is 1.70. The van der Waals surface area contributed by atoms with E-state index in [1.54, 1.807) is 12.5 Å². The van der Waals surface area contributed by atoms with Crippen molar-refractivity contribution < 1.29 is 4.21 Å². The lowest BCUT2D eigenvalue weighted by molar-refractivity contribution is 0.622. The highest BCUT2D eigenvalue weighted by Gasteiger charge is 2.10. The van der Waals surface area contributed by atoms with Crippen molar-refractivity contribution in [2.45, 2.75) is 25.1 Å². The van der Waals surface area contributed by atoms with E-state index < -0.39 is 10.8 Å². The summed E-state index contributed by atoms with van der Waals surface area (Å²) in [6.45, 7) is 2.72. The number of hydrogen-bond acceptors (Lipinski definition) is 3. The van der Waals surface area contributed by atoms with Gasteiger partial charge in [0.2, 0.25) is 0 Å². The highest BCUT2D eigenvalue weighted by molar-refractivity contribution is 9.10. The van der Waals surface area contributed by atoms with Gasteiger partial charge in [0.05, 0.1) is 5.52 Å². The van der Waals surface area contributed by atoms with Crippen LogP contribution in [0.5, 0.6) is 0 Å². The van der Waals surface area contributed by atoms with E-state index in [0.717, 1.165) is 28.6 Å². The topological polar surface area (TPSA) is 50.7 Å².